The van der Waals surface area contributed by atoms with Gasteiger partial charge in [-0.15, -0.1) is 0 Å². The van der Waals surface area contributed by atoms with Crippen molar-refractivity contribution in [2.75, 3.05) is 26.2 Å². The molecule has 1 aliphatic heterocycles. The van der Waals surface area contributed by atoms with Gasteiger partial charge in [0.1, 0.15) is 0 Å². The molecule has 1 atom stereocenters. The third-order valence-corrected chi connectivity index (χ3v) is 3.21. The van der Waals surface area contributed by atoms with Gasteiger partial charge in [-0.1, -0.05) is 6.92 Å². The molecule has 2 fully saturated rings. The van der Waals surface area contributed by atoms with Gasteiger partial charge in [-0.25, -0.2) is 0 Å². The predicted octanol–water partition coefficient (Wildman–Crippen LogP) is 1.08. The van der Waals surface area contributed by atoms with Crippen molar-refractivity contribution in [3.63, 3.8) is 0 Å². The molecule has 70 valence electrons. The van der Waals surface area contributed by atoms with Crippen LogP contribution in [0.15, 0.2) is 0 Å². The van der Waals surface area contributed by atoms with Crippen LogP contribution in [0.3, 0.4) is 0 Å². The second-order valence-electron chi connectivity index (χ2n) is 4.10. The number of rotatable bonds is 3. The average Bonchev–Trinajstić information content (AvgIpc) is 2.92. The van der Waals surface area contributed by atoms with E-state index in [1.54, 1.807) is 0 Å². The molecule has 0 spiro atoms. The molecule has 0 aromatic rings. The molecule has 1 saturated heterocycles. The van der Waals surface area contributed by atoms with E-state index >= 15 is 0 Å². The molecule has 2 rings (SSSR count). The highest BCUT2D eigenvalue weighted by Gasteiger charge is 2.33. The second-order valence-corrected chi connectivity index (χ2v) is 4.10. The van der Waals surface area contributed by atoms with Gasteiger partial charge in [0, 0.05) is 32.2 Å². The van der Waals surface area contributed by atoms with Crippen LogP contribution in [0.25, 0.3) is 0 Å². The fraction of sp³-hybridized carbons (Fsp3) is 1.00. The van der Waals surface area contributed by atoms with E-state index in [1.807, 2.05) is 0 Å². The van der Waals surface area contributed by atoms with Crippen LogP contribution in [-0.2, 0) is 0 Å². The topological polar surface area (TPSA) is 15.3 Å². The fourth-order valence-corrected chi connectivity index (χ4v) is 2.38. The zero-order valence-corrected chi connectivity index (χ0v) is 8.05. The van der Waals surface area contributed by atoms with Crippen molar-refractivity contribution in [3.05, 3.63) is 0 Å². The third-order valence-electron chi connectivity index (χ3n) is 3.21. The first-order valence-electron chi connectivity index (χ1n) is 5.36. The lowest BCUT2D eigenvalue weighted by molar-refractivity contribution is 0.151. The molecule has 1 heterocycles. The Labute approximate surface area is 75.3 Å². The first-order valence-corrected chi connectivity index (χ1v) is 5.36. The first kappa shape index (κ1) is 8.52. The molecule has 1 saturated carbocycles. The smallest absolute Gasteiger partial charge is 0.0122 e. The maximum atomic E-state index is 3.41. The van der Waals surface area contributed by atoms with Crippen molar-refractivity contribution in [3.8, 4) is 0 Å². The highest BCUT2D eigenvalue weighted by molar-refractivity contribution is 4.88. The van der Waals surface area contributed by atoms with E-state index < -0.39 is 0 Å². The van der Waals surface area contributed by atoms with Crippen LogP contribution in [0.5, 0.6) is 0 Å². The molecular formula is C10H20N2. The van der Waals surface area contributed by atoms with Gasteiger partial charge in [-0.05, 0) is 25.2 Å². The molecule has 0 bridgehead atoms. The Morgan fingerprint density at radius 3 is 2.50 bits per heavy atom. The van der Waals surface area contributed by atoms with Gasteiger partial charge in [0.25, 0.3) is 0 Å². The van der Waals surface area contributed by atoms with E-state index in [0.717, 1.165) is 12.0 Å². The molecule has 1 unspecified atom stereocenters. The van der Waals surface area contributed by atoms with Crippen molar-refractivity contribution in [1.82, 2.24) is 10.2 Å². The van der Waals surface area contributed by atoms with Crippen molar-refractivity contribution in [2.45, 2.75) is 32.2 Å². The summed E-state index contributed by atoms with van der Waals surface area (Å²) < 4.78 is 0. The van der Waals surface area contributed by atoms with Crippen LogP contribution in [0.1, 0.15) is 26.2 Å². The lowest BCUT2D eigenvalue weighted by Crippen LogP contribution is -2.49. The van der Waals surface area contributed by atoms with Crippen molar-refractivity contribution >= 4 is 0 Å². The molecular weight excluding hydrogens is 148 g/mol. The maximum absolute atomic E-state index is 3.41. The summed E-state index contributed by atoms with van der Waals surface area (Å²) in [5.41, 5.74) is 0. The molecule has 2 nitrogen and oxygen atoms in total. The lowest BCUT2D eigenvalue weighted by Gasteiger charge is -2.34. The number of nitrogens with zero attached hydrogens (tertiary/aromatic N) is 1. The van der Waals surface area contributed by atoms with Gasteiger partial charge in [-0.3, -0.25) is 4.90 Å². The summed E-state index contributed by atoms with van der Waals surface area (Å²) in [6.07, 6.45) is 4.33. The Morgan fingerprint density at radius 2 is 2.00 bits per heavy atom. The van der Waals surface area contributed by atoms with E-state index in [1.165, 1.54) is 45.4 Å². The minimum absolute atomic E-state index is 0.909. The Balaban J connectivity index is 1.85. The van der Waals surface area contributed by atoms with Gasteiger partial charge in [0.2, 0.25) is 0 Å². The molecule has 0 aromatic carbocycles. The maximum Gasteiger partial charge on any atom is 0.0122 e. The average molecular weight is 168 g/mol. The Morgan fingerprint density at radius 1 is 1.33 bits per heavy atom. The van der Waals surface area contributed by atoms with Gasteiger partial charge in [0.15, 0.2) is 0 Å². The number of piperazine rings is 1. The molecule has 0 aromatic heterocycles. The molecule has 1 N–H and O–H groups in total. The second kappa shape index (κ2) is 3.75. The SMILES string of the molecule is CCC(C1CC1)N1CCNCC1. The minimum Gasteiger partial charge on any atom is -0.314 e. The summed E-state index contributed by atoms with van der Waals surface area (Å²) in [5, 5.41) is 3.41. The number of hydrogen-bond donors (Lipinski definition) is 1. The van der Waals surface area contributed by atoms with Crippen LogP contribution in [0, 0.1) is 5.92 Å². The van der Waals surface area contributed by atoms with Crippen LogP contribution in [-0.4, -0.2) is 37.1 Å². The van der Waals surface area contributed by atoms with Crippen LogP contribution >= 0.6 is 0 Å². The van der Waals surface area contributed by atoms with Crippen LogP contribution in [0.2, 0.25) is 0 Å². The van der Waals surface area contributed by atoms with E-state index in [2.05, 4.69) is 17.1 Å². The Kier molecular flexibility index (Phi) is 2.66. The van der Waals surface area contributed by atoms with Crippen LogP contribution in [0.4, 0.5) is 0 Å². The molecule has 0 radical (unpaired) electrons. The Bertz CT molecular complexity index is 137. The monoisotopic (exact) mass is 168 g/mol. The predicted molar refractivity (Wildman–Crippen MR) is 51.2 cm³/mol. The van der Waals surface area contributed by atoms with Gasteiger partial charge >= 0.3 is 0 Å². The zero-order valence-electron chi connectivity index (χ0n) is 8.05. The molecule has 2 heteroatoms. The Hall–Kier alpha value is -0.0800. The van der Waals surface area contributed by atoms with Gasteiger partial charge in [-0.2, -0.15) is 0 Å². The summed E-state index contributed by atoms with van der Waals surface area (Å²) in [4.78, 5) is 2.69. The lowest BCUT2D eigenvalue weighted by atomic mass is 10.1. The van der Waals surface area contributed by atoms with E-state index in [-0.39, 0.29) is 0 Å². The summed E-state index contributed by atoms with van der Waals surface area (Å²) in [7, 11) is 0. The highest BCUT2D eigenvalue weighted by atomic mass is 15.2. The molecule has 1 aliphatic carbocycles. The molecule has 2 aliphatic rings. The standard InChI is InChI=1S/C10H20N2/c1-2-10(9-3-4-9)12-7-5-11-6-8-12/h9-11H,2-8H2,1H3. The highest BCUT2D eigenvalue weighted by Crippen LogP contribution is 2.36. The third kappa shape index (κ3) is 1.80. The normalized spacial score (nSPS) is 28.8. The van der Waals surface area contributed by atoms with Gasteiger partial charge < -0.3 is 5.32 Å². The molecule has 0 amide bonds. The van der Waals surface area contributed by atoms with E-state index in [4.69, 9.17) is 0 Å². The van der Waals surface area contributed by atoms with Crippen molar-refractivity contribution in [2.24, 2.45) is 5.92 Å². The number of hydrogen-bond acceptors (Lipinski definition) is 2. The summed E-state index contributed by atoms with van der Waals surface area (Å²) >= 11 is 0. The first-order chi connectivity index (χ1) is 5.92. The fourth-order valence-electron chi connectivity index (χ4n) is 2.38. The van der Waals surface area contributed by atoms with Gasteiger partial charge in [0.05, 0.1) is 0 Å². The summed E-state index contributed by atoms with van der Waals surface area (Å²) in [6.45, 7) is 7.28. The van der Waals surface area contributed by atoms with Crippen molar-refractivity contribution in [1.29, 1.82) is 0 Å². The largest absolute Gasteiger partial charge is 0.314 e. The van der Waals surface area contributed by atoms with Crippen molar-refractivity contribution < 1.29 is 0 Å². The summed E-state index contributed by atoms with van der Waals surface area (Å²) in [6, 6.07) is 0.909. The number of nitrogens with one attached hydrogen (secondary N) is 1. The zero-order chi connectivity index (χ0) is 8.39. The molecule has 12 heavy (non-hydrogen) atoms. The minimum atomic E-state index is 0.909. The van der Waals surface area contributed by atoms with E-state index in [9.17, 15) is 0 Å². The quantitative estimate of drug-likeness (QED) is 0.678. The summed E-state index contributed by atoms with van der Waals surface area (Å²) in [5.74, 6) is 1.05. The van der Waals surface area contributed by atoms with E-state index in [0.29, 0.717) is 0 Å². The van der Waals surface area contributed by atoms with Crippen LogP contribution < -0.4 is 5.32 Å².